The fourth-order valence-electron chi connectivity index (χ4n) is 2.13. The molecule has 1 unspecified atom stereocenters. The zero-order valence-corrected chi connectivity index (χ0v) is 8.91. The van der Waals surface area contributed by atoms with Crippen LogP contribution in [0.25, 0.3) is 0 Å². The zero-order valence-electron chi connectivity index (χ0n) is 8.09. The van der Waals surface area contributed by atoms with Gasteiger partial charge in [-0.05, 0) is 37.9 Å². The Hall–Kier alpha value is -0.180. The number of thioether (sulfide) groups is 1. The van der Waals surface area contributed by atoms with Crippen molar-refractivity contribution in [2.24, 2.45) is 0 Å². The van der Waals surface area contributed by atoms with Gasteiger partial charge in [0.15, 0.2) is 0 Å². The van der Waals surface area contributed by atoms with Crippen LogP contribution in [-0.2, 0) is 0 Å². The van der Waals surface area contributed by atoms with Crippen LogP contribution in [0.1, 0.15) is 32.1 Å². The van der Waals surface area contributed by atoms with Crippen LogP contribution in [0.4, 0.5) is 0 Å². The Morgan fingerprint density at radius 1 is 1.15 bits per heavy atom. The minimum atomic E-state index is 0.526. The fourth-order valence-corrected chi connectivity index (χ4v) is 3.39. The summed E-state index contributed by atoms with van der Waals surface area (Å²) in [6.45, 7) is 2.27. The van der Waals surface area contributed by atoms with Gasteiger partial charge in [0.2, 0.25) is 0 Å². The van der Waals surface area contributed by atoms with Crippen molar-refractivity contribution in [3.05, 3.63) is 0 Å². The second kappa shape index (κ2) is 4.36. The van der Waals surface area contributed by atoms with E-state index in [0.29, 0.717) is 5.25 Å². The summed E-state index contributed by atoms with van der Waals surface area (Å²) < 4.78 is 0. The van der Waals surface area contributed by atoms with E-state index >= 15 is 0 Å². The average Bonchev–Trinajstić information content (AvgIpc) is 2.71. The fraction of sp³-hybridized carbons (Fsp3) is 0.900. The van der Waals surface area contributed by atoms with Gasteiger partial charge in [-0.1, -0.05) is 0 Å². The van der Waals surface area contributed by atoms with Crippen LogP contribution in [0, 0.1) is 5.41 Å². The highest BCUT2D eigenvalue weighted by atomic mass is 32.2. The summed E-state index contributed by atoms with van der Waals surface area (Å²) in [7, 11) is 0. The predicted octanol–water partition coefficient (Wildman–Crippen LogP) is 2.35. The smallest absolute Gasteiger partial charge is 0.109 e. The molecule has 2 nitrogen and oxygen atoms in total. The zero-order chi connectivity index (χ0) is 9.10. The summed E-state index contributed by atoms with van der Waals surface area (Å²) >= 11 is 1.98. The third kappa shape index (κ3) is 2.19. The van der Waals surface area contributed by atoms with Crippen molar-refractivity contribution in [3.8, 4) is 0 Å². The lowest BCUT2D eigenvalue weighted by molar-refractivity contribution is 0.335. The monoisotopic (exact) mass is 198 g/mol. The summed E-state index contributed by atoms with van der Waals surface area (Å²) in [6.07, 6.45) is 6.49. The Balaban J connectivity index is 1.87. The third-order valence-electron chi connectivity index (χ3n) is 2.93. The van der Waals surface area contributed by atoms with Crippen LogP contribution in [0.5, 0.6) is 0 Å². The van der Waals surface area contributed by atoms with E-state index in [9.17, 15) is 0 Å². The lowest BCUT2D eigenvalue weighted by Gasteiger charge is -2.31. The minimum Gasteiger partial charge on any atom is -0.360 e. The number of nitrogens with zero attached hydrogens (tertiary/aromatic N) is 1. The number of rotatable bonds is 1. The Kier molecular flexibility index (Phi) is 3.14. The van der Waals surface area contributed by atoms with Gasteiger partial charge in [0, 0.05) is 13.1 Å². The molecular weight excluding hydrogens is 180 g/mol. The Morgan fingerprint density at radius 2 is 1.92 bits per heavy atom. The molecule has 13 heavy (non-hydrogen) atoms. The van der Waals surface area contributed by atoms with Crippen LogP contribution in [0.3, 0.4) is 0 Å². The SMILES string of the molecule is N=C(C1CCCS1)N1CCCCC1. The first-order chi connectivity index (χ1) is 6.38. The van der Waals surface area contributed by atoms with Gasteiger partial charge in [-0.2, -0.15) is 11.8 Å². The molecule has 74 valence electrons. The van der Waals surface area contributed by atoms with Crippen LogP contribution in [0.2, 0.25) is 0 Å². The van der Waals surface area contributed by atoms with Crippen molar-refractivity contribution in [2.75, 3.05) is 18.8 Å². The molecule has 1 atom stereocenters. The first kappa shape index (κ1) is 9.38. The molecule has 0 amide bonds. The molecule has 0 aromatic carbocycles. The second-order valence-electron chi connectivity index (χ2n) is 3.93. The quantitative estimate of drug-likeness (QED) is 0.517. The molecule has 0 spiro atoms. The molecular formula is C10H18N2S. The van der Waals surface area contributed by atoms with Gasteiger partial charge in [0.1, 0.15) is 5.84 Å². The van der Waals surface area contributed by atoms with Gasteiger partial charge in [0.25, 0.3) is 0 Å². The van der Waals surface area contributed by atoms with E-state index in [0.717, 1.165) is 18.9 Å². The Bertz CT molecular complexity index is 181. The first-order valence-electron chi connectivity index (χ1n) is 5.33. The van der Waals surface area contributed by atoms with Crippen molar-refractivity contribution < 1.29 is 0 Å². The molecule has 2 heterocycles. The Labute approximate surface area is 84.6 Å². The van der Waals surface area contributed by atoms with E-state index in [1.54, 1.807) is 0 Å². The van der Waals surface area contributed by atoms with Gasteiger partial charge in [-0.25, -0.2) is 0 Å². The lowest BCUT2D eigenvalue weighted by Crippen LogP contribution is -2.39. The van der Waals surface area contributed by atoms with Crippen LogP contribution >= 0.6 is 11.8 Å². The maximum absolute atomic E-state index is 8.09. The summed E-state index contributed by atoms with van der Waals surface area (Å²) in [5, 5.41) is 8.61. The highest BCUT2D eigenvalue weighted by Crippen LogP contribution is 2.28. The second-order valence-corrected chi connectivity index (χ2v) is 5.25. The molecule has 2 rings (SSSR count). The number of hydrogen-bond donors (Lipinski definition) is 1. The van der Waals surface area contributed by atoms with Crippen LogP contribution in [-0.4, -0.2) is 34.8 Å². The van der Waals surface area contributed by atoms with Crippen LogP contribution < -0.4 is 0 Å². The molecule has 2 saturated heterocycles. The molecule has 2 aliphatic heterocycles. The summed E-state index contributed by atoms with van der Waals surface area (Å²) in [4.78, 5) is 2.30. The van der Waals surface area contributed by atoms with E-state index in [-0.39, 0.29) is 0 Å². The highest BCUT2D eigenvalue weighted by Gasteiger charge is 2.25. The van der Waals surface area contributed by atoms with Crippen LogP contribution in [0.15, 0.2) is 0 Å². The van der Waals surface area contributed by atoms with Crippen molar-refractivity contribution >= 4 is 17.6 Å². The highest BCUT2D eigenvalue weighted by molar-refractivity contribution is 8.00. The molecule has 0 saturated carbocycles. The maximum atomic E-state index is 8.09. The molecule has 0 bridgehead atoms. The summed E-state index contributed by atoms with van der Waals surface area (Å²) in [5.74, 6) is 2.18. The van der Waals surface area contributed by atoms with Gasteiger partial charge >= 0.3 is 0 Å². The molecule has 0 aliphatic carbocycles. The number of piperidine rings is 1. The number of amidine groups is 1. The van der Waals surface area contributed by atoms with Crippen molar-refractivity contribution in [2.45, 2.75) is 37.4 Å². The standard InChI is InChI=1S/C10H18N2S/c11-10(9-5-4-8-13-9)12-6-2-1-3-7-12/h9,11H,1-8H2. The lowest BCUT2D eigenvalue weighted by atomic mass is 10.1. The summed E-state index contributed by atoms with van der Waals surface area (Å²) in [6, 6.07) is 0. The van der Waals surface area contributed by atoms with Crippen molar-refractivity contribution in [1.82, 2.24) is 4.90 Å². The first-order valence-corrected chi connectivity index (χ1v) is 6.38. The number of hydrogen-bond acceptors (Lipinski definition) is 2. The predicted molar refractivity (Wildman–Crippen MR) is 58.6 cm³/mol. The van der Waals surface area contributed by atoms with E-state index < -0.39 is 0 Å². The number of likely N-dealkylation sites (tertiary alicyclic amines) is 1. The largest absolute Gasteiger partial charge is 0.360 e. The normalized spacial score (nSPS) is 29.2. The third-order valence-corrected chi connectivity index (χ3v) is 4.32. The van der Waals surface area contributed by atoms with Gasteiger partial charge < -0.3 is 4.90 Å². The number of nitrogens with one attached hydrogen (secondary N) is 1. The van der Waals surface area contributed by atoms with E-state index in [1.165, 1.54) is 37.9 Å². The topological polar surface area (TPSA) is 27.1 Å². The maximum Gasteiger partial charge on any atom is 0.109 e. The molecule has 1 N–H and O–H groups in total. The molecule has 3 heteroatoms. The average molecular weight is 198 g/mol. The molecule has 2 aliphatic rings. The van der Waals surface area contributed by atoms with E-state index in [1.807, 2.05) is 11.8 Å². The molecule has 2 fully saturated rings. The van der Waals surface area contributed by atoms with Gasteiger partial charge in [0.05, 0.1) is 5.25 Å². The molecule has 0 aromatic rings. The van der Waals surface area contributed by atoms with Crippen molar-refractivity contribution in [1.29, 1.82) is 5.41 Å². The van der Waals surface area contributed by atoms with E-state index in [2.05, 4.69) is 4.90 Å². The van der Waals surface area contributed by atoms with Gasteiger partial charge in [-0.15, -0.1) is 0 Å². The summed E-state index contributed by atoms with van der Waals surface area (Å²) in [5.41, 5.74) is 0. The van der Waals surface area contributed by atoms with Gasteiger partial charge in [-0.3, -0.25) is 5.41 Å². The minimum absolute atomic E-state index is 0.526. The van der Waals surface area contributed by atoms with E-state index in [4.69, 9.17) is 5.41 Å². The Morgan fingerprint density at radius 3 is 2.54 bits per heavy atom. The van der Waals surface area contributed by atoms with Crippen molar-refractivity contribution in [3.63, 3.8) is 0 Å². The molecule has 0 aromatic heterocycles. The molecule has 0 radical (unpaired) electrons.